The zero-order valence-corrected chi connectivity index (χ0v) is 15.0. The highest BCUT2D eigenvalue weighted by atomic mass is 32.1. The molecule has 142 valence electrons. The first-order valence-electron chi connectivity index (χ1n) is 7.94. The molecule has 9 heteroatoms. The molecule has 0 saturated carbocycles. The number of esters is 1. The summed E-state index contributed by atoms with van der Waals surface area (Å²) in [6, 6.07) is 7.42. The van der Waals surface area contributed by atoms with E-state index in [1.807, 2.05) is 0 Å². The van der Waals surface area contributed by atoms with Gasteiger partial charge in [-0.1, -0.05) is 0 Å². The average molecular weight is 395 g/mol. The highest BCUT2D eigenvalue weighted by Crippen LogP contribution is 2.30. The second-order valence-corrected chi connectivity index (χ2v) is 6.03. The molecule has 3 rings (SSSR count). The van der Waals surface area contributed by atoms with Gasteiger partial charge < -0.3 is 18.6 Å². The Bertz CT molecular complexity index is 895. The molecule has 0 amide bonds. The first-order chi connectivity index (χ1) is 13.1. The first kappa shape index (κ1) is 18.8. The average Bonchev–Trinajstić information content (AvgIpc) is 3.32. The van der Waals surface area contributed by atoms with Crippen LogP contribution in [0.15, 0.2) is 46.4 Å². The Balaban J connectivity index is 1.66. The number of thiazole rings is 1. The van der Waals surface area contributed by atoms with Crippen LogP contribution in [0.3, 0.4) is 0 Å². The van der Waals surface area contributed by atoms with Crippen molar-refractivity contribution in [2.24, 2.45) is 0 Å². The molecule has 0 saturated heterocycles. The number of rotatable bonds is 8. The minimum Gasteiger partial charge on any atom is -0.490 e. The minimum absolute atomic E-state index is 0.0324. The lowest BCUT2D eigenvalue weighted by atomic mass is 10.2. The van der Waals surface area contributed by atoms with E-state index < -0.39 is 12.6 Å². The summed E-state index contributed by atoms with van der Waals surface area (Å²) in [6.45, 7) is -1.10. The number of hydrogen-bond acceptors (Lipinski definition) is 7. The van der Waals surface area contributed by atoms with Crippen molar-refractivity contribution in [2.45, 2.75) is 20.1 Å². The number of hydrogen-bond donors (Lipinski definition) is 0. The van der Waals surface area contributed by atoms with Crippen LogP contribution >= 0.6 is 11.3 Å². The van der Waals surface area contributed by atoms with Crippen LogP contribution < -0.4 is 9.47 Å². The predicted molar refractivity (Wildman–Crippen MR) is 93.2 cm³/mol. The number of benzene rings is 1. The lowest BCUT2D eigenvalue weighted by Crippen LogP contribution is -2.08. The maximum Gasteiger partial charge on any atom is 0.387 e. The van der Waals surface area contributed by atoms with Gasteiger partial charge in [-0.05, 0) is 37.3 Å². The summed E-state index contributed by atoms with van der Waals surface area (Å²) in [5.41, 5.74) is 0.726. The SMILES string of the molecule is CCOc1cc(C(=O)OCc2csc(-c3ccco3)n2)ccc1OC(F)F. The quantitative estimate of drug-likeness (QED) is 0.512. The maximum atomic E-state index is 12.4. The van der Waals surface area contributed by atoms with Gasteiger partial charge in [0.25, 0.3) is 0 Å². The molecule has 0 radical (unpaired) electrons. The normalized spacial score (nSPS) is 10.8. The van der Waals surface area contributed by atoms with Crippen molar-refractivity contribution in [3.8, 4) is 22.3 Å². The Hall–Kier alpha value is -2.94. The largest absolute Gasteiger partial charge is 0.490 e. The van der Waals surface area contributed by atoms with Crippen LogP contribution in [0, 0.1) is 0 Å². The molecule has 2 aromatic heterocycles. The van der Waals surface area contributed by atoms with Crippen LogP contribution in [0.1, 0.15) is 23.0 Å². The highest BCUT2D eigenvalue weighted by Gasteiger charge is 2.16. The molecule has 0 aliphatic heterocycles. The van der Waals surface area contributed by atoms with Gasteiger partial charge in [-0.15, -0.1) is 11.3 Å². The van der Waals surface area contributed by atoms with Crippen molar-refractivity contribution in [3.63, 3.8) is 0 Å². The molecule has 0 N–H and O–H groups in total. The molecule has 1 aromatic carbocycles. The number of nitrogens with zero attached hydrogens (tertiary/aromatic N) is 1. The van der Waals surface area contributed by atoms with Crippen molar-refractivity contribution in [2.75, 3.05) is 6.61 Å². The highest BCUT2D eigenvalue weighted by molar-refractivity contribution is 7.13. The van der Waals surface area contributed by atoms with E-state index in [0.717, 1.165) is 0 Å². The number of alkyl halides is 2. The van der Waals surface area contributed by atoms with Crippen LogP contribution in [-0.4, -0.2) is 24.2 Å². The number of carbonyl (C=O) groups is 1. The topological polar surface area (TPSA) is 70.8 Å². The van der Waals surface area contributed by atoms with Gasteiger partial charge in [0, 0.05) is 5.38 Å². The van der Waals surface area contributed by atoms with Gasteiger partial charge >= 0.3 is 12.6 Å². The van der Waals surface area contributed by atoms with E-state index in [-0.39, 0.29) is 30.3 Å². The summed E-state index contributed by atoms with van der Waals surface area (Å²) in [5, 5.41) is 2.44. The van der Waals surface area contributed by atoms with E-state index >= 15 is 0 Å². The Morgan fingerprint density at radius 2 is 2.15 bits per heavy atom. The number of aromatic nitrogens is 1. The monoisotopic (exact) mass is 395 g/mol. The van der Waals surface area contributed by atoms with Crippen LogP contribution in [0.4, 0.5) is 8.78 Å². The van der Waals surface area contributed by atoms with Gasteiger partial charge in [-0.2, -0.15) is 8.78 Å². The van der Waals surface area contributed by atoms with Crippen molar-refractivity contribution in [3.05, 3.63) is 53.2 Å². The molecule has 0 aliphatic rings. The summed E-state index contributed by atoms with van der Waals surface area (Å²) in [7, 11) is 0. The van der Waals surface area contributed by atoms with Gasteiger partial charge in [0.1, 0.15) is 6.61 Å². The zero-order chi connectivity index (χ0) is 19.2. The van der Waals surface area contributed by atoms with Crippen molar-refractivity contribution >= 4 is 17.3 Å². The second kappa shape index (κ2) is 8.63. The number of ether oxygens (including phenoxy) is 3. The van der Waals surface area contributed by atoms with Gasteiger partial charge in [0.15, 0.2) is 22.3 Å². The summed E-state index contributed by atoms with van der Waals surface area (Å²) < 4.78 is 45.0. The first-order valence-corrected chi connectivity index (χ1v) is 8.82. The molecule has 0 fully saturated rings. The summed E-state index contributed by atoms with van der Waals surface area (Å²) in [6.07, 6.45) is 1.55. The minimum atomic E-state index is -2.99. The molecule has 0 unspecified atom stereocenters. The Morgan fingerprint density at radius 3 is 2.85 bits per heavy atom. The second-order valence-electron chi connectivity index (χ2n) is 5.17. The van der Waals surface area contributed by atoms with E-state index in [0.29, 0.717) is 16.5 Å². The fourth-order valence-corrected chi connectivity index (χ4v) is 2.98. The molecule has 2 heterocycles. The maximum absolute atomic E-state index is 12.4. The standard InChI is InChI=1S/C18H15F2NO5S/c1-2-23-15-8-11(5-6-13(15)26-18(19)20)17(22)25-9-12-10-27-16(21-12)14-4-3-7-24-14/h3-8,10,18H,2,9H2,1H3. The van der Waals surface area contributed by atoms with Crippen LogP contribution in [0.2, 0.25) is 0 Å². The third kappa shape index (κ3) is 4.82. The van der Waals surface area contributed by atoms with Crippen LogP contribution in [0.25, 0.3) is 10.8 Å². The van der Waals surface area contributed by atoms with E-state index in [9.17, 15) is 13.6 Å². The molecule has 0 aliphatic carbocycles. The Kier molecular flexibility index (Phi) is 6.02. The van der Waals surface area contributed by atoms with Crippen molar-refractivity contribution < 1.29 is 32.2 Å². The number of carbonyl (C=O) groups excluding carboxylic acids is 1. The summed E-state index contributed by atoms with van der Waals surface area (Å²) >= 11 is 1.37. The fraction of sp³-hybridized carbons (Fsp3) is 0.222. The van der Waals surface area contributed by atoms with E-state index in [1.165, 1.54) is 29.5 Å². The van der Waals surface area contributed by atoms with Gasteiger partial charge in [0.2, 0.25) is 0 Å². The van der Waals surface area contributed by atoms with E-state index in [2.05, 4.69) is 9.72 Å². The van der Waals surface area contributed by atoms with Crippen molar-refractivity contribution in [1.29, 1.82) is 0 Å². The number of halogens is 2. The van der Waals surface area contributed by atoms with E-state index in [1.54, 1.807) is 30.7 Å². The van der Waals surface area contributed by atoms with Gasteiger partial charge in [-0.25, -0.2) is 9.78 Å². The predicted octanol–water partition coefficient (Wildman–Crippen LogP) is 4.76. The molecule has 6 nitrogen and oxygen atoms in total. The lowest BCUT2D eigenvalue weighted by Gasteiger charge is -2.12. The van der Waals surface area contributed by atoms with Gasteiger partial charge in [0.05, 0.1) is 24.1 Å². The smallest absolute Gasteiger partial charge is 0.387 e. The van der Waals surface area contributed by atoms with Crippen molar-refractivity contribution in [1.82, 2.24) is 4.98 Å². The lowest BCUT2D eigenvalue weighted by molar-refractivity contribution is -0.0514. The summed E-state index contributed by atoms with van der Waals surface area (Å²) in [4.78, 5) is 16.6. The molecule has 0 bridgehead atoms. The third-order valence-corrected chi connectivity index (χ3v) is 4.24. The van der Waals surface area contributed by atoms with Gasteiger partial charge in [-0.3, -0.25) is 0 Å². The molecule has 27 heavy (non-hydrogen) atoms. The zero-order valence-electron chi connectivity index (χ0n) is 14.2. The molecule has 0 spiro atoms. The number of furan rings is 1. The van der Waals surface area contributed by atoms with E-state index in [4.69, 9.17) is 13.9 Å². The Labute approximate surface area is 157 Å². The summed E-state index contributed by atoms with van der Waals surface area (Å²) in [5.74, 6) is -0.104. The molecular formula is C18H15F2NO5S. The molecular weight excluding hydrogens is 380 g/mol. The van der Waals surface area contributed by atoms with Crippen LogP contribution in [-0.2, 0) is 11.3 Å². The fourth-order valence-electron chi connectivity index (χ4n) is 2.21. The Morgan fingerprint density at radius 1 is 1.30 bits per heavy atom. The molecule has 3 aromatic rings. The third-order valence-electron chi connectivity index (χ3n) is 3.33. The molecule has 0 atom stereocenters. The van der Waals surface area contributed by atoms with Crippen LogP contribution in [0.5, 0.6) is 11.5 Å².